The number of likely N-dealkylation sites (N-methyl/N-ethyl adjacent to an activating group) is 1. The molecule has 0 aromatic heterocycles. The van der Waals surface area contributed by atoms with E-state index in [1.54, 1.807) is 7.11 Å². The lowest BCUT2D eigenvalue weighted by atomic mass is 9.95. The molecule has 29 heavy (non-hydrogen) atoms. The molecule has 2 aromatic rings. The molecule has 156 valence electrons. The van der Waals surface area contributed by atoms with E-state index in [1.807, 2.05) is 24.3 Å². The molecule has 1 fully saturated rings. The lowest BCUT2D eigenvalue weighted by molar-refractivity contribution is 0.0941. The molecule has 1 N–H and O–H groups in total. The zero-order valence-corrected chi connectivity index (χ0v) is 18.2. The molecule has 4 heteroatoms. The molecule has 4 nitrogen and oxygen atoms in total. The predicted octanol–water partition coefficient (Wildman–Crippen LogP) is 4.77. The van der Waals surface area contributed by atoms with E-state index < -0.39 is 0 Å². The first-order valence-corrected chi connectivity index (χ1v) is 10.8. The van der Waals surface area contributed by atoms with Gasteiger partial charge < -0.3 is 10.1 Å². The Bertz CT molecular complexity index is 831. The van der Waals surface area contributed by atoms with Crippen molar-refractivity contribution in [2.75, 3.05) is 26.7 Å². The van der Waals surface area contributed by atoms with Crippen LogP contribution in [0.15, 0.2) is 42.5 Å². The molecule has 0 spiro atoms. The van der Waals surface area contributed by atoms with E-state index >= 15 is 0 Å². The topological polar surface area (TPSA) is 41.6 Å². The van der Waals surface area contributed by atoms with Gasteiger partial charge in [-0.2, -0.15) is 0 Å². The molecule has 0 radical (unpaired) electrons. The number of amides is 1. The maximum absolute atomic E-state index is 12.8. The second kappa shape index (κ2) is 9.93. The van der Waals surface area contributed by atoms with E-state index in [2.05, 4.69) is 49.2 Å². The lowest BCUT2D eigenvalue weighted by Crippen LogP contribution is -2.40. The van der Waals surface area contributed by atoms with Crippen molar-refractivity contribution in [1.82, 2.24) is 10.2 Å². The van der Waals surface area contributed by atoms with Crippen LogP contribution in [0.1, 0.15) is 49.5 Å². The van der Waals surface area contributed by atoms with Gasteiger partial charge in [0, 0.05) is 23.7 Å². The van der Waals surface area contributed by atoms with Crippen LogP contribution in [0.4, 0.5) is 0 Å². The Kier molecular flexibility index (Phi) is 7.32. The highest BCUT2D eigenvalue weighted by Crippen LogP contribution is 2.34. The number of hydrogen-bond donors (Lipinski definition) is 1. The average Bonchev–Trinajstić information content (AvgIpc) is 3.19. The Morgan fingerprint density at radius 3 is 2.76 bits per heavy atom. The zero-order valence-electron chi connectivity index (χ0n) is 18.2. The van der Waals surface area contributed by atoms with Gasteiger partial charge in [0.2, 0.25) is 0 Å². The monoisotopic (exact) mass is 394 g/mol. The van der Waals surface area contributed by atoms with Gasteiger partial charge in [0.1, 0.15) is 5.75 Å². The van der Waals surface area contributed by atoms with E-state index in [-0.39, 0.29) is 5.91 Å². The highest BCUT2D eigenvalue weighted by atomic mass is 16.5. The van der Waals surface area contributed by atoms with E-state index in [1.165, 1.54) is 12.0 Å². The van der Waals surface area contributed by atoms with Gasteiger partial charge in [0.05, 0.1) is 7.11 Å². The summed E-state index contributed by atoms with van der Waals surface area (Å²) in [5, 5.41) is 3.14. The van der Waals surface area contributed by atoms with Crippen molar-refractivity contribution in [2.24, 2.45) is 5.92 Å². The van der Waals surface area contributed by atoms with Gasteiger partial charge in [-0.3, -0.25) is 9.69 Å². The number of nitrogens with one attached hydrogen (secondary N) is 1. The Labute approximate surface area is 175 Å². The van der Waals surface area contributed by atoms with Gasteiger partial charge in [-0.25, -0.2) is 0 Å². The summed E-state index contributed by atoms with van der Waals surface area (Å²) in [5.74, 6) is 1.45. The van der Waals surface area contributed by atoms with Crippen LogP contribution in [-0.4, -0.2) is 43.6 Å². The summed E-state index contributed by atoms with van der Waals surface area (Å²) in [6, 6.07) is 14.6. The maximum Gasteiger partial charge on any atom is 0.251 e. The minimum atomic E-state index is -0.00731. The second-order valence-electron chi connectivity index (χ2n) is 8.31. The number of para-hydroxylation sites is 1. The van der Waals surface area contributed by atoms with E-state index in [4.69, 9.17) is 4.74 Å². The molecule has 1 amide bonds. The maximum atomic E-state index is 12.8. The highest BCUT2D eigenvalue weighted by Gasteiger charge is 2.23. The third-order valence-electron chi connectivity index (χ3n) is 5.77. The summed E-state index contributed by atoms with van der Waals surface area (Å²) in [7, 11) is 1.72. The Morgan fingerprint density at radius 1 is 1.24 bits per heavy atom. The first-order valence-electron chi connectivity index (χ1n) is 10.8. The summed E-state index contributed by atoms with van der Waals surface area (Å²) >= 11 is 0. The van der Waals surface area contributed by atoms with Crippen molar-refractivity contribution < 1.29 is 9.53 Å². The molecule has 0 saturated carbocycles. The van der Waals surface area contributed by atoms with Gasteiger partial charge >= 0.3 is 0 Å². The Hall–Kier alpha value is -2.33. The summed E-state index contributed by atoms with van der Waals surface area (Å²) < 4.78 is 5.77. The van der Waals surface area contributed by atoms with Crippen LogP contribution in [0.3, 0.4) is 0 Å². The van der Waals surface area contributed by atoms with Crippen molar-refractivity contribution in [1.29, 1.82) is 0 Å². The van der Waals surface area contributed by atoms with E-state index in [0.717, 1.165) is 42.8 Å². The number of methoxy groups -OCH3 is 1. The Morgan fingerprint density at radius 2 is 2.03 bits per heavy atom. The average molecular weight is 395 g/mol. The molecule has 1 saturated heterocycles. The fraction of sp³-hybridized carbons (Fsp3) is 0.480. The quantitative estimate of drug-likeness (QED) is 0.701. The molecule has 1 atom stereocenters. The molecule has 1 aliphatic heterocycles. The number of benzene rings is 2. The first kappa shape index (κ1) is 21.4. The third-order valence-corrected chi connectivity index (χ3v) is 5.77. The molecule has 1 unspecified atom stereocenters. The summed E-state index contributed by atoms with van der Waals surface area (Å²) in [4.78, 5) is 15.2. The zero-order chi connectivity index (χ0) is 20.8. The largest absolute Gasteiger partial charge is 0.496 e. The van der Waals surface area contributed by atoms with Crippen LogP contribution < -0.4 is 10.1 Å². The predicted molar refractivity (Wildman–Crippen MR) is 120 cm³/mol. The van der Waals surface area contributed by atoms with Crippen LogP contribution in [0.5, 0.6) is 5.75 Å². The fourth-order valence-corrected chi connectivity index (χ4v) is 4.34. The van der Waals surface area contributed by atoms with Crippen LogP contribution in [0.2, 0.25) is 0 Å². The molecular weight excluding hydrogens is 360 g/mol. The van der Waals surface area contributed by atoms with Crippen LogP contribution in [0.25, 0.3) is 11.1 Å². The first-order chi connectivity index (χ1) is 14.0. The normalized spacial score (nSPS) is 16.9. The second-order valence-corrected chi connectivity index (χ2v) is 8.31. The van der Waals surface area contributed by atoms with Crippen molar-refractivity contribution in [3.8, 4) is 16.9 Å². The van der Waals surface area contributed by atoms with E-state index in [0.29, 0.717) is 24.1 Å². The molecular formula is C25H34N2O2. The highest BCUT2D eigenvalue weighted by molar-refractivity contribution is 5.95. The molecule has 2 aromatic carbocycles. The molecule has 3 rings (SSSR count). The summed E-state index contributed by atoms with van der Waals surface area (Å²) in [5.41, 5.74) is 3.94. The smallest absolute Gasteiger partial charge is 0.251 e. The molecule has 0 bridgehead atoms. The van der Waals surface area contributed by atoms with Gasteiger partial charge in [-0.1, -0.05) is 51.1 Å². The fourth-order valence-electron chi connectivity index (χ4n) is 4.34. The van der Waals surface area contributed by atoms with Gasteiger partial charge in [-0.15, -0.1) is 0 Å². The van der Waals surface area contributed by atoms with E-state index in [9.17, 15) is 4.79 Å². The van der Waals surface area contributed by atoms with Crippen LogP contribution in [0, 0.1) is 5.92 Å². The Balaban J connectivity index is 1.78. The van der Waals surface area contributed by atoms with Crippen LogP contribution >= 0.6 is 0 Å². The number of rotatable bonds is 8. The summed E-state index contributed by atoms with van der Waals surface area (Å²) in [6.45, 7) is 9.50. The molecule has 1 heterocycles. The van der Waals surface area contributed by atoms with Crippen molar-refractivity contribution in [3.05, 3.63) is 53.6 Å². The van der Waals surface area contributed by atoms with Gasteiger partial charge in [0.25, 0.3) is 5.91 Å². The lowest BCUT2D eigenvalue weighted by Gasteiger charge is -2.23. The minimum Gasteiger partial charge on any atom is -0.496 e. The van der Waals surface area contributed by atoms with Crippen molar-refractivity contribution in [2.45, 2.75) is 46.1 Å². The van der Waals surface area contributed by atoms with Crippen molar-refractivity contribution >= 4 is 5.91 Å². The standard InChI is InChI=1S/C25H34N2O2/c1-5-27-14-8-12-22(27)17-26-25(28)21-11-6-9-19(16-21)23-13-7-10-20(15-18(2)3)24(23)29-4/h6-7,9-11,13,16,18,22H,5,8,12,14-15,17H2,1-4H3,(H,26,28). The molecule has 0 aliphatic carbocycles. The van der Waals surface area contributed by atoms with Crippen molar-refractivity contribution in [3.63, 3.8) is 0 Å². The molecule has 1 aliphatic rings. The SMILES string of the molecule is CCN1CCCC1CNC(=O)c1cccc(-c2cccc(CC(C)C)c2OC)c1. The third kappa shape index (κ3) is 5.18. The minimum absolute atomic E-state index is 0.00731. The van der Waals surface area contributed by atoms with Crippen LogP contribution in [-0.2, 0) is 6.42 Å². The van der Waals surface area contributed by atoms with Gasteiger partial charge in [-0.05, 0) is 61.5 Å². The summed E-state index contributed by atoms with van der Waals surface area (Å²) in [6.07, 6.45) is 3.34. The number of carbonyl (C=O) groups excluding carboxylic acids is 1. The van der Waals surface area contributed by atoms with Gasteiger partial charge in [0.15, 0.2) is 0 Å². The number of likely N-dealkylation sites (tertiary alicyclic amines) is 1. The number of ether oxygens (including phenoxy) is 1. The number of hydrogen-bond acceptors (Lipinski definition) is 3. The number of carbonyl (C=O) groups is 1. The number of nitrogens with zero attached hydrogens (tertiary/aromatic N) is 1.